The van der Waals surface area contributed by atoms with E-state index in [1.807, 2.05) is 37.8 Å². The molecule has 2 rings (SSSR count). The zero-order valence-electron chi connectivity index (χ0n) is 16.7. The lowest BCUT2D eigenvalue weighted by atomic mass is 9.94. The number of likely N-dealkylation sites (tertiary alicyclic amines) is 1. The van der Waals surface area contributed by atoms with Crippen LogP contribution in [0.15, 0.2) is 24.3 Å². The summed E-state index contributed by atoms with van der Waals surface area (Å²) in [6, 6.07) is 6.80. The molecule has 1 aliphatic rings. The lowest BCUT2D eigenvalue weighted by Crippen LogP contribution is -2.53. The van der Waals surface area contributed by atoms with Crippen molar-refractivity contribution in [1.29, 1.82) is 0 Å². The minimum Gasteiger partial charge on any atom is -0.356 e. The molecule has 0 aromatic heterocycles. The Morgan fingerprint density at radius 3 is 2.22 bits per heavy atom. The monoisotopic (exact) mass is 373 g/mol. The maximum absolute atomic E-state index is 13.0. The van der Waals surface area contributed by atoms with Crippen molar-refractivity contribution in [2.24, 2.45) is 11.8 Å². The van der Waals surface area contributed by atoms with Crippen molar-refractivity contribution in [3.8, 4) is 0 Å². The smallest absolute Gasteiger partial charge is 0.251 e. The highest BCUT2D eigenvalue weighted by molar-refractivity contribution is 5.97. The molecule has 2 N–H and O–H groups in total. The van der Waals surface area contributed by atoms with Gasteiger partial charge in [-0.3, -0.25) is 14.4 Å². The third-order valence-corrected chi connectivity index (χ3v) is 5.10. The van der Waals surface area contributed by atoms with Crippen LogP contribution in [0.3, 0.4) is 0 Å². The highest BCUT2D eigenvalue weighted by Gasteiger charge is 2.31. The van der Waals surface area contributed by atoms with Crippen molar-refractivity contribution in [2.75, 3.05) is 19.6 Å². The Kier molecular flexibility index (Phi) is 7.39. The molecule has 1 heterocycles. The van der Waals surface area contributed by atoms with Crippen molar-refractivity contribution in [3.05, 3.63) is 35.4 Å². The molecule has 1 aliphatic heterocycles. The minimum absolute atomic E-state index is 0.00370. The van der Waals surface area contributed by atoms with Crippen LogP contribution in [0.5, 0.6) is 0 Å². The first kappa shape index (κ1) is 20.9. The Balaban J connectivity index is 1.94. The SMILES string of the molecule is CC(=O)NCC1CCN(C(=O)C(NC(=O)c2ccc(C)cc2)C(C)C)CC1. The number of hydrogen-bond acceptors (Lipinski definition) is 3. The highest BCUT2D eigenvalue weighted by Crippen LogP contribution is 2.19. The van der Waals surface area contributed by atoms with Crippen LogP contribution < -0.4 is 10.6 Å². The quantitative estimate of drug-likeness (QED) is 0.802. The second-order valence-electron chi connectivity index (χ2n) is 7.77. The molecule has 0 spiro atoms. The average molecular weight is 373 g/mol. The van der Waals surface area contributed by atoms with E-state index < -0.39 is 6.04 Å². The van der Waals surface area contributed by atoms with Gasteiger partial charge in [-0.2, -0.15) is 0 Å². The van der Waals surface area contributed by atoms with E-state index in [0.29, 0.717) is 31.1 Å². The first-order valence-corrected chi connectivity index (χ1v) is 9.68. The molecule has 0 radical (unpaired) electrons. The molecule has 1 fully saturated rings. The zero-order valence-corrected chi connectivity index (χ0v) is 16.7. The van der Waals surface area contributed by atoms with Crippen molar-refractivity contribution in [1.82, 2.24) is 15.5 Å². The van der Waals surface area contributed by atoms with E-state index >= 15 is 0 Å². The van der Waals surface area contributed by atoms with Gasteiger partial charge in [0.05, 0.1) is 0 Å². The van der Waals surface area contributed by atoms with Gasteiger partial charge in [0.15, 0.2) is 0 Å². The fraction of sp³-hybridized carbons (Fsp3) is 0.571. The Morgan fingerprint density at radius 1 is 1.11 bits per heavy atom. The van der Waals surface area contributed by atoms with Gasteiger partial charge in [-0.15, -0.1) is 0 Å². The number of piperidine rings is 1. The third kappa shape index (κ3) is 6.08. The van der Waals surface area contributed by atoms with Crippen molar-refractivity contribution >= 4 is 17.7 Å². The van der Waals surface area contributed by atoms with E-state index in [-0.39, 0.29) is 23.6 Å². The number of nitrogens with zero attached hydrogens (tertiary/aromatic N) is 1. The van der Waals surface area contributed by atoms with E-state index in [1.54, 1.807) is 12.1 Å². The summed E-state index contributed by atoms with van der Waals surface area (Å²) in [6.07, 6.45) is 1.73. The fourth-order valence-corrected chi connectivity index (χ4v) is 3.29. The predicted octanol–water partition coefficient (Wildman–Crippen LogP) is 2.12. The van der Waals surface area contributed by atoms with Crippen LogP contribution in [0.4, 0.5) is 0 Å². The molecule has 27 heavy (non-hydrogen) atoms. The topological polar surface area (TPSA) is 78.5 Å². The number of benzene rings is 1. The van der Waals surface area contributed by atoms with Gasteiger partial charge >= 0.3 is 0 Å². The average Bonchev–Trinajstić information content (AvgIpc) is 2.64. The van der Waals surface area contributed by atoms with Crippen LogP contribution in [0.2, 0.25) is 0 Å². The Hall–Kier alpha value is -2.37. The molecule has 1 unspecified atom stereocenters. The number of rotatable bonds is 6. The molecule has 0 bridgehead atoms. The van der Waals surface area contributed by atoms with Crippen molar-refractivity contribution in [3.63, 3.8) is 0 Å². The molecule has 0 saturated carbocycles. The lowest BCUT2D eigenvalue weighted by Gasteiger charge is -2.35. The Morgan fingerprint density at radius 2 is 1.70 bits per heavy atom. The third-order valence-electron chi connectivity index (χ3n) is 5.10. The van der Waals surface area contributed by atoms with Gasteiger partial charge in [0.25, 0.3) is 5.91 Å². The van der Waals surface area contributed by atoms with Crippen LogP contribution in [0, 0.1) is 18.8 Å². The molecule has 3 amide bonds. The molecule has 0 aliphatic carbocycles. The standard InChI is InChI=1S/C21H31N3O3/c1-14(2)19(23-20(26)18-7-5-15(3)6-8-18)21(27)24-11-9-17(10-12-24)13-22-16(4)25/h5-8,14,17,19H,9-13H2,1-4H3,(H,22,25)(H,23,26). The van der Waals surface area contributed by atoms with E-state index in [4.69, 9.17) is 0 Å². The molecule has 148 valence electrons. The van der Waals surface area contributed by atoms with Gasteiger partial charge in [-0.25, -0.2) is 0 Å². The van der Waals surface area contributed by atoms with E-state index in [2.05, 4.69) is 10.6 Å². The number of amides is 3. The lowest BCUT2D eigenvalue weighted by molar-refractivity contribution is -0.135. The van der Waals surface area contributed by atoms with E-state index in [0.717, 1.165) is 18.4 Å². The molecule has 1 aromatic carbocycles. The highest BCUT2D eigenvalue weighted by atomic mass is 16.2. The summed E-state index contributed by atoms with van der Waals surface area (Å²) in [4.78, 5) is 38.4. The van der Waals surface area contributed by atoms with Crippen LogP contribution in [0.1, 0.15) is 49.5 Å². The summed E-state index contributed by atoms with van der Waals surface area (Å²) in [5, 5.41) is 5.76. The molecule has 1 atom stereocenters. The molecule has 6 heteroatoms. The van der Waals surface area contributed by atoms with Gasteiger partial charge in [-0.05, 0) is 43.7 Å². The fourth-order valence-electron chi connectivity index (χ4n) is 3.29. The first-order chi connectivity index (χ1) is 12.8. The normalized spacial score (nSPS) is 16.1. The summed E-state index contributed by atoms with van der Waals surface area (Å²) in [5.74, 6) is 0.139. The number of carbonyl (C=O) groups excluding carboxylic acids is 3. The maximum Gasteiger partial charge on any atom is 0.251 e. The predicted molar refractivity (Wildman–Crippen MR) is 105 cm³/mol. The summed E-state index contributed by atoms with van der Waals surface area (Å²) in [6.45, 7) is 9.36. The van der Waals surface area contributed by atoms with Crippen molar-refractivity contribution in [2.45, 2.75) is 46.6 Å². The van der Waals surface area contributed by atoms with Gasteiger partial charge in [0, 0.05) is 32.1 Å². The largest absolute Gasteiger partial charge is 0.356 e. The second-order valence-corrected chi connectivity index (χ2v) is 7.77. The van der Waals surface area contributed by atoms with Crippen LogP contribution in [-0.2, 0) is 9.59 Å². The Bertz CT molecular complexity index is 662. The van der Waals surface area contributed by atoms with Gasteiger partial charge in [0.1, 0.15) is 6.04 Å². The van der Waals surface area contributed by atoms with E-state index in [1.165, 1.54) is 6.92 Å². The number of carbonyl (C=O) groups is 3. The molecular weight excluding hydrogens is 342 g/mol. The second kappa shape index (κ2) is 9.53. The minimum atomic E-state index is -0.536. The summed E-state index contributed by atoms with van der Waals surface area (Å²) < 4.78 is 0. The summed E-state index contributed by atoms with van der Waals surface area (Å²) in [5.41, 5.74) is 1.65. The summed E-state index contributed by atoms with van der Waals surface area (Å²) in [7, 11) is 0. The molecular formula is C21H31N3O3. The van der Waals surface area contributed by atoms with Crippen LogP contribution in [0.25, 0.3) is 0 Å². The van der Waals surface area contributed by atoms with Crippen LogP contribution in [-0.4, -0.2) is 48.3 Å². The van der Waals surface area contributed by atoms with Crippen LogP contribution >= 0.6 is 0 Å². The van der Waals surface area contributed by atoms with Crippen molar-refractivity contribution < 1.29 is 14.4 Å². The number of hydrogen-bond donors (Lipinski definition) is 2. The zero-order chi connectivity index (χ0) is 20.0. The number of aryl methyl sites for hydroxylation is 1. The molecule has 1 saturated heterocycles. The van der Waals surface area contributed by atoms with Gasteiger partial charge in [0.2, 0.25) is 11.8 Å². The number of nitrogens with one attached hydrogen (secondary N) is 2. The van der Waals surface area contributed by atoms with Gasteiger partial charge in [-0.1, -0.05) is 31.5 Å². The maximum atomic E-state index is 13.0. The molecule has 6 nitrogen and oxygen atoms in total. The van der Waals surface area contributed by atoms with E-state index in [9.17, 15) is 14.4 Å². The first-order valence-electron chi connectivity index (χ1n) is 9.68. The molecule has 1 aromatic rings. The van der Waals surface area contributed by atoms with Gasteiger partial charge < -0.3 is 15.5 Å². The summed E-state index contributed by atoms with van der Waals surface area (Å²) >= 11 is 0. The Labute approximate surface area is 161 Å².